The van der Waals surface area contributed by atoms with E-state index >= 15 is 0 Å². The lowest BCUT2D eigenvalue weighted by atomic mass is 9.75. The molecule has 0 aromatic rings. The van der Waals surface area contributed by atoms with Crippen LogP contribution in [0.4, 0.5) is 0 Å². The molecule has 0 radical (unpaired) electrons. The first kappa shape index (κ1) is 26.8. The molecule has 0 aromatic heterocycles. The fourth-order valence-corrected chi connectivity index (χ4v) is 4.21. The van der Waals surface area contributed by atoms with Gasteiger partial charge in [0.1, 0.15) is 48.8 Å². The molecule has 0 aliphatic carbocycles. The average Bonchev–Trinajstić information content (AvgIpc) is 2.76. The van der Waals surface area contributed by atoms with Crippen LogP contribution in [0.5, 0.6) is 0 Å². The first-order chi connectivity index (χ1) is 14.7. The van der Waals surface area contributed by atoms with Crippen LogP contribution in [0.3, 0.4) is 0 Å². The summed E-state index contributed by atoms with van der Waals surface area (Å²) in [6, 6.07) is 0. The number of aliphatic hydroxyl groups is 8. The zero-order valence-corrected chi connectivity index (χ0v) is 17.9. The van der Waals surface area contributed by atoms with Crippen LogP contribution in [0.25, 0.3) is 0 Å². The van der Waals surface area contributed by atoms with Crippen LogP contribution in [0.15, 0.2) is 0 Å². The fourth-order valence-electron chi connectivity index (χ4n) is 4.21. The Balaban J connectivity index is 2.05. The van der Waals surface area contributed by atoms with Crippen LogP contribution >= 0.6 is 0 Å². The summed E-state index contributed by atoms with van der Waals surface area (Å²) in [5, 5.41) is 81.8. The van der Waals surface area contributed by atoms with Crippen molar-refractivity contribution in [2.75, 3.05) is 19.8 Å². The maximum absolute atomic E-state index is 11.2. The van der Waals surface area contributed by atoms with E-state index in [1.165, 1.54) is 0 Å². The van der Waals surface area contributed by atoms with Crippen molar-refractivity contribution in [1.29, 1.82) is 0 Å². The van der Waals surface area contributed by atoms with E-state index in [9.17, 15) is 40.9 Å². The van der Waals surface area contributed by atoms with E-state index in [1.54, 1.807) is 0 Å². The van der Waals surface area contributed by atoms with Crippen molar-refractivity contribution in [2.24, 2.45) is 0 Å². The molecule has 2 saturated heterocycles. The molecule has 2 aliphatic heterocycles. The molecule has 0 saturated carbocycles. The van der Waals surface area contributed by atoms with Crippen LogP contribution < -0.4 is 0 Å². The van der Waals surface area contributed by atoms with Gasteiger partial charge >= 0.3 is 0 Å². The number of hydrogen-bond acceptors (Lipinski definition) is 11. The van der Waals surface area contributed by atoms with Gasteiger partial charge in [-0.15, -0.1) is 0 Å². The smallest absolute Gasteiger partial charge is 0.186 e. The quantitative estimate of drug-likeness (QED) is 0.153. The lowest BCUT2D eigenvalue weighted by molar-refractivity contribution is -0.372. The van der Waals surface area contributed by atoms with Crippen LogP contribution in [0.1, 0.15) is 45.4 Å². The molecule has 11 heteroatoms. The van der Waals surface area contributed by atoms with E-state index in [1.807, 2.05) is 0 Å². The summed E-state index contributed by atoms with van der Waals surface area (Å²) in [7, 11) is 0. The molecular formula is C20H38O11. The average molecular weight is 455 g/mol. The first-order valence-electron chi connectivity index (χ1n) is 11.0. The first-order valence-corrected chi connectivity index (χ1v) is 11.0. The summed E-state index contributed by atoms with van der Waals surface area (Å²) >= 11 is 0. The molecule has 2 aliphatic rings. The Kier molecular flexibility index (Phi) is 10.5. The Morgan fingerprint density at radius 2 is 1.42 bits per heavy atom. The Hall–Kier alpha value is -0.440. The molecule has 2 heterocycles. The monoisotopic (exact) mass is 454 g/mol. The van der Waals surface area contributed by atoms with Gasteiger partial charge in [0, 0.05) is 6.61 Å². The Morgan fingerprint density at radius 3 is 2.03 bits per heavy atom. The van der Waals surface area contributed by atoms with E-state index < -0.39 is 73.9 Å². The minimum absolute atomic E-state index is 0.233. The molecule has 31 heavy (non-hydrogen) atoms. The Morgan fingerprint density at radius 1 is 0.774 bits per heavy atom. The van der Waals surface area contributed by atoms with Crippen molar-refractivity contribution in [3.8, 4) is 0 Å². The number of unbranched alkanes of at least 4 members (excludes halogenated alkanes) is 5. The molecule has 8 N–H and O–H groups in total. The van der Waals surface area contributed by atoms with Gasteiger partial charge in [-0.3, -0.25) is 0 Å². The second-order valence-corrected chi connectivity index (χ2v) is 8.39. The van der Waals surface area contributed by atoms with Crippen LogP contribution in [-0.4, -0.2) is 121 Å². The zero-order valence-electron chi connectivity index (χ0n) is 17.9. The van der Waals surface area contributed by atoms with E-state index in [4.69, 9.17) is 14.2 Å². The summed E-state index contributed by atoms with van der Waals surface area (Å²) in [6.07, 6.45) is -9.08. The third kappa shape index (κ3) is 5.74. The topological polar surface area (TPSA) is 190 Å². The van der Waals surface area contributed by atoms with Gasteiger partial charge in [-0.05, 0) is 6.42 Å². The highest BCUT2D eigenvalue weighted by Crippen LogP contribution is 2.39. The molecule has 0 aromatic carbocycles. The predicted octanol–water partition coefficient (Wildman–Crippen LogP) is -2.62. The van der Waals surface area contributed by atoms with Gasteiger partial charge in [-0.2, -0.15) is 0 Å². The maximum Gasteiger partial charge on any atom is 0.186 e. The van der Waals surface area contributed by atoms with Crippen molar-refractivity contribution < 1.29 is 55.1 Å². The summed E-state index contributed by atoms with van der Waals surface area (Å²) in [5.74, 6) is 0. The number of hydrogen-bond donors (Lipinski definition) is 8. The molecule has 0 bridgehead atoms. The summed E-state index contributed by atoms with van der Waals surface area (Å²) in [4.78, 5) is 0. The number of ether oxygens (including phenoxy) is 3. The van der Waals surface area contributed by atoms with Gasteiger partial charge in [-0.1, -0.05) is 39.0 Å². The predicted molar refractivity (Wildman–Crippen MR) is 106 cm³/mol. The molecule has 11 nitrogen and oxygen atoms in total. The summed E-state index contributed by atoms with van der Waals surface area (Å²) < 4.78 is 16.3. The fraction of sp³-hybridized carbons (Fsp3) is 1.00. The van der Waals surface area contributed by atoms with Gasteiger partial charge in [0.2, 0.25) is 0 Å². The van der Waals surface area contributed by atoms with Gasteiger partial charge in [0.25, 0.3) is 0 Å². The van der Waals surface area contributed by atoms with Crippen molar-refractivity contribution in [3.63, 3.8) is 0 Å². The van der Waals surface area contributed by atoms with Crippen molar-refractivity contribution in [3.05, 3.63) is 0 Å². The van der Waals surface area contributed by atoms with E-state index in [0.29, 0.717) is 6.42 Å². The standard InChI is InChI=1S/C20H38O11/c1-2-3-4-5-6-7-8-29-19-16(26)17(27)20(28,12(10-22)31-19)18-15(25)14(24)13(23)11(9-21)30-18/h11-19,21-28H,2-10H2,1H3/t11-,12-,13+,14+,15-,16-,17-,18-,19?,20-/m1/s1. The molecule has 0 spiro atoms. The Labute approximate surface area is 181 Å². The second kappa shape index (κ2) is 12.1. The Bertz CT molecular complexity index is 517. The zero-order chi connectivity index (χ0) is 23.2. The highest BCUT2D eigenvalue weighted by atomic mass is 16.7. The van der Waals surface area contributed by atoms with Crippen molar-refractivity contribution >= 4 is 0 Å². The molecule has 184 valence electrons. The van der Waals surface area contributed by atoms with Gasteiger partial charge in [0.05, 0.1) is 13.2 Å². The summed E-state index contributed by atoms with van der Waals surface area (Å²) in [5.41, 5.74) is -2.57. The van der Waals surface area contributed by atoms with Gasteiger partial charge in [0.15, 0.2) is 11.9 Å². The molecule has 10 atom stereocenters. The highest BCUT2D eigenvalue weighted by molar-refractivity contribution is 5.11. The third-order valence-electron chi connectivity index (χ3n) is 6.18. The molecule has 1 unspecified atom stereocenters. The van der Waals surface area contributed by atoms with Crippen LogP contribution in [0, 0.1) is 0 Å². The van der Waals surface area contributed by atoms with Gasteiger partial charge < -0.3 is 55.1 Å². The van der Waals surface area contributed by atoms with Crippen LogP contribution in [0.2, 0.25) is 0 Å². The van der Waals surface area contributed by atoms with Crippen molar-refractivity contribution in [2.45, 2.75) is 106 Å². The minimum atomic E-state index is -2.57. The van der Waals surface area contributed by atoms with E-state index in [2.05, 4.69) is 6.92 Å². The lowest BCUT2D eigenvalue weighted by Gasteiger charge is -2.54. The summed E-state index contributed by atoms with van der Waals surface area (Å²) in [6.45, 7) is 0.785. The minimum Gasteiger partial charge on any atom is -0.394 e. The molecular weight excluding hydrogens is 416 g/mol. The van der Waals surface area contributed by atoms with Crippen molar-refractivity contribution in [1.82, 2.24) is 0 Å². The molecule has 2 fully saturated rings. The van der Waals surface area contributed by atoms with Crippen LogP contribution in [-0.2, 0) is 14.2 Å². The normalized spacial score (nSPS) is 43.8. The molecule has 0 amide bonds. The second-order valence-electron chi connectivity index (χ2n) is 8.39. The lowest BCUT2D eigenvalue weighted by Crippen LogP contribution is -2.77. The maximum atomic E-state index is 11.2. The number of aliphatic hydroxyl groups excluding tert-OH is 7. The largest absolute Gasteiger partial charge is 0.394 e. The van der Waals surface area contributed by atoms with E-state index in [-0.39, 0.29) is 6.61 Å². The highest BCUT2D eigenvalue weighted by Gasteiger charge is 2.64. The SMILES string of the molecule is CCCCCCCCOC1O[C@H](CO)[C@](O)([C@@H]2O[C@H](CO)[C@H](O)[C@H](O)[C@H]2O)[C@H](O)[C@H]1O. The van der Waals surface area contributed by atoms with E-state index in [0.717, 1.165) is 32.1 Å². The molecule has 2 rings (SSSR count). The third-order valence-corrected chi connectivity index (χ3v) is 6.18. The number of rotatable bonds is 11. The van der Waals surface area contributed by atoms with Gasteiger partial charge in [-0.25, -0.2) is 0 Å².